The van der Waals surface area contributed by atoms with Gasteiger partial charge in [-0.25, -0.2) is 0 Å². The van der Waals surface area contributed by atoms with Crippen molar-refractivity contribution in [1.82, 2.24) is 10.6 Å². The highest BCUT2D eigenvalue weighted by atomic mass is 16.5. The molecule has 158 valence electrons. The van der Waals surface area contributed by atoms with Gasteiger partial charge < -0.3 is 24.5 Å². The summed E-state index contributed by atoms with van der Waals surface area (Å²) in [5.41, 5.74) is 0. The molecule has 3 atom stereocenters. The number of nitrogens with zero attached hydrogens (tertiary/aromatic N) is 1. The minimum absolute atomic E-state index is 0.355. The molecule has 0 spiro atoms. The van der Waals surface area contributed by atoms with Gasteiger partial charge in [0, 0.05) is 44.7 Å². The summed E-state index contributed by atoms with van der Waals surface area (Å²) in [7, 11) is 0. The van der Waals surface area contributed by atoms with Crippen LogP contribution >= 0.6 is 0 Å². The summed E-state index contributed by atoms with van der Waals surface area (Å²) in [6.45, 7) is 8.68. The summed E-state index contributed by atoms with van der Waals surface area (Å²) in [6, 6.07) is 4.36. The van der Waals surface area contributed by atoms with Gasteiger partial charge in [0.25, 0.3) is 0 Å². The number of aliphatic imine (C=N–C) groups is 1. The molecule has 2 saturated heterocycles. The lowest BCUT2D eigenvalue weighted by molar-refractivity contribution is -0.0324. The number of furan rings is 1. The molecule has 2 N–H and O–H groups in total. The molecule has 0 amide bonds. The van der Waals surface area contributed by atoms with E-state index in [0.717, 1.165) is 70.3 Å². The highest BCUT2D eigenvalue weighted by Gasteiger charge is 2.28. The largest absolute Gasteiger partial charge is 0.469 e. The normalized spacial score (nSPS) is 26.0. The van der Waals surface area contributed by atoms with Crippen LogP contribution in [0.25, 0.3) is 0 Å². The Labute approximate surface area is 169 Å². The van der Waals surface area contributed by atoms with E-state index in [1.54, 1.807) is 6.26 Å². The third-order valence-corrected chi connectivity index (χ3v) is 6.01. The fourth-order valence-corrected chi connectivity index (χ4v) is 4.15. The molecule has 6 heteroatoms. The number of ether oxygens (including phenoxy) is 2. The first-order valence-electron chi connectivity index (χ1n) is 11.0. The Morgan fingerprint density at radius 3 is 2.86 bits per heavy atom. The van der Waals surface area contributed by atoms with Crippen LogP contribution < -0.4 is 10.6 Å². The van der Waals surface area contributed by atoms with E-state index in [-0.39, 0.29) is 0 Å². The molecule has 3 unspecified atom stereocenters. The number of rotatable bonds is 9. The molecular formula is C22H37N3O3. The van der Waals surface area contributed by atoms with Gasteiger partial charge >= 0.3 is 0 Å². The third kappa shape index (κ3) is 6.52. The van der Waals surface area contributed by atoms with Gasteiger partial charge in [-0.2, -0.15) is 0 Å². The van der Waals surface area contributed by atoms with Crippen LogP contribution in [-0.2, 0) is 15.9 Å². The van der Waals surface area contributed by atoms with Crippen molar-refractivity contribution in [3.05, 3.63) is 24.2 Å². The van der Waals surface area contributed by atoms with Crippen molar-refractivity contribution in [2.75, 3.05) is 32.9 Å². The second-order valence-corrected chi connectivity index (χ2v) is 8.03. The van der Waals surface area contributed by atoms with Crippen LogP contribution in [0.3, 0.4) is 0 Å². The predicted octanol–water partition coefficient (Wildman–Crippen LogP) is 3.38. The van der Waals surface area contributed by atoms with Crippen LogP contribution in [0, 0.1) is 11.8 Å². The topological polar surface area (TPSA) is 68.0 Å². The monoisotopic (exact) mass is 391 g/mol. The Morgan fingerprint density at radius 1 is 1.25 bits per heavy atom. The summed E-state index contributed by atoms with van der Waals surface area (Å²) in [4.78, 5) is 4.87. The smallest absolute Gasteiger partial charge is 0.191 e. The lowest BCUT2D eigenvalue weighted by Gasteiger charge is -2.35. The Balaban J connectivity index is 1.54. The van der Waals surface area contributed by atoms with E-state index in [1.165, 1.54) is 12.8 Å². The Bertz CT molecular complexity index is 566. The number of guanidine groups is 1. The van der Waals surface area contributed by atoms with Crippen LogP contribution in [0.15, 0.2) is 27.8 Å². The van der Waals surface area contributed by atoms with Crippen molar-refractivity contribution in [2.24, 2.45) is 16.8 Å². The molecule has 3 heterocycles. The molecule has 0 saturated carbocycles. The molecule has 2 aliphatic rings. The first-order valence-corrected chi connectivity index (χ1v) is 11.0. The second kappa shape index (κ2) is 11.5. The predicted molar refractivity (Wildman–Crippen MR) is 112 cm³/mol. The second-order valence-electron chi connectivity index (χ2n) is 8.03. The number of hydrogen-bond acceptors (Lipinski definition) is 4. The first-order chi connectivity index (χ1) is 13.8. The summed E-state index contributed by atoms with van der Waals surface area (Å²) in [5, 5.41) is 7.18. The van der Waals surface area contributed by atoms with Gasteiger partial charge in [0.2, 0.25) is 0 Å². The molecule has 2 aliphatic heterocycles. The van der Waals surface area contributed by atoms with Gasteiger partial charge in [-0.15, -0.1) is 0 Å². The van der Waals surface area contributed by atoms with Crippen molar-refractivity contribution in [3.8, 4) is 0 Å². The molecule has 6 nitrogen and oxygen atoms in total. The van der Waals surface area contributed by atoms with Crippen molar-refractivity contribution < 1.29 is 13.9 Å². The summed E-state index contributed by atoms with van der Waals surface area (Å²) >= 11 is 0. The van der Waals surface area contributed by atoms with Crippen LogP contribution in [0.1, 0.15) is 51.7 Å². The molecule has 0 aromatic carbocycles. The van der Waals surface area contributed by atoms with E-state index in [0.29, 0.717) is 24.0 Å². The zero-order valence-electron chi connectivity index (χ0n) is 17.5. The molecule has 3 rings (SSSR count). The SMILES string of the molecule is CCC(CC)C1CC(NC(=NCC2CCOC2)NCCc2ccco2)CCO1. The van der Waals surface area contributed by atoms with Gasteiger partial charge in [-0.3, -0.25) is 4.99 Å². The van der Waals surface area contributed by atoms with E-state index in [9.17, 15) is 0 Å². The molecular weight excluding hydrogens is 354 g/mol. The van der Waals surface area contributed by atoms with E-state index in [4.69, 9.17) is 18.9 Å². The summed E-state index contributed by atoms with van der Waals surface area (Å²) in [5.74, 6) is 3.09. The molecule has 1 aromatic rings. The van der Waals surface area contributed by atoms with E-state index in [1.807, 2.05) is 12.1 Å². The van der Waals surface area contributed by atoms with Crippen molar-refractivity contribution in [3.63, 3.8) is 0 Å². The van der Waals surface area contributed by atoms with Crippen molar-refractivity contribution in [2.45, 2.75) is 64.5 Å². The maximum absolute atomic E-state index is 6.08. The molecule has 1 aromatic heterocycles. The number of nitrogens with one attached hydrogen (secondary N) is 2. The van der Waals surface area contributed by atoms with Gasteiger partial charge in [0.15, 0.2) is 5.96 Å². The van der Waals surface area contributed by atoms with Crippen LogP contribution in [0.2, 0.25) is 0 Å². The standard InChI is InChI=1S/C22H37N3O3/c1-3-18(4-2)21-14-19(9-13-28-21)25-22(24-15-17-8-12-26-16-17)23-10-7-20-6-5-11-27-20/h5-6,11,17-19,21H,3-4,7-10,12-16H2,1-2H3,(H2,23,24,25). The average Bonchev–Trinajstić information content (AvgIpc) is 3.41. The maximum atomic E-state index is 6.08. The van der Waals surface area contributed by atoms with Gasteiger partial charge in [0.05, 0.1) is 19.0 Å². The average molecular weight is 392 g/mol. The fraction of sp³-hybridized carbons (Fsp3) is 0.773. The van der Waals surface area contributed by atoms with Crippen LogP contribution in [0.4, 0.5) is 0 Å². The van der Waals surface area contributed by atoms with E-state index in [2.05, 4.69) is 24.5 Å². The quantitative estimate of drug-likeness (QED) is 0.499. The van der Waals surface area contributed by atoms with Gasteiger partial charge in [-0.1, -0.05) is 26.7 Å². The molecule has 0 bridgehead atoms. The summed E-state index contributed by atoms with van der Waals surface area (Å²) in [6.07, 6.45) is 8.48. The minimum Gasteiger partial charge on any atom is -0.469 e. The van der Waals surface area contributed by atoms with Gasteiger partial charge in [-0.05, 0) is 37.3 Å². The number of hydrogen-bond donors (Lipinski definition) is 2. The van der Waals surface area contributed by atoms with E-state index < -0.39 is 0 Å². The lowest BCUT2D eigenvalue weighted by atomic mass is 9.89. The Hall–Kier alpha value is -1.53. The van der Waals surface area contributed by atoms with Gasteiger partial charge in [0.1, 0.15) is 5.76 Å². The molecule has 2 fully saturated rings. The summed E-state index contributed by atoms with van der Waals surface area (Å²) < 4.78 is 17.0. The first kappa shape index (κ1) is 21.2. The van der Waals surface area contributed by atoms with Crippen molar-refractivity contribution >= 4 is 5.96 Å². The zero-order chi connectivity index (χ0) is 19.6. The Morgan fingerprint density at radius 2 is 2.14 bits per heavy atom. The highest BCUT2D eigenvalue weighted by molar-refractivity contribution is 5.80. The molecule has 0 radical (unpaired) electrons. The third-order valence-electron chi connectivity index (χ3n) is 6.01. The van der Waals surface area contributed by atoms with Crippen molar-refractivity contribution in [1.29, 1.82) is 0 Å². The molecule has 28 heavy (non-hydrogen) atoms. The van der Waals surface area contributed by atoms with Crippen LogP contribution in [0.5, 0.6) is 0 Å². The minimum atomic E-state index is 0.355. The molecule has 0 aliphatic carbocycles. The fourth-order valence-electron chi connectivity index (χ4n) is 4.15. The lowest BCUT2D eigenvalue weighted by Crippen LogP contribution is -2.49. The zero-order valence-corrected chi connectivity index (χ0v) is 17.5. The van der Waals surface area contributed by atoms with Crippen LogP contribution in [-0.4, -0.2) is 51.0 Å². The maximum Gasteiger partial charge on any atom is 0.191 e. The highest BCUT2D eigenvalue weighted by Crippen LogP contribution is 2.25. The Kier molecular flexibility index (Phi) is 8.68. The van der Waals surface area contributed by atoms with E-state index >= 15 is 0 Å².